The molecule has 3 rings (SSSR count). The maximum absolute atomic E-state index is 12.7. The molecule has 0 radical (unpaired) electrons. The van der Waals surface area contributed by atoms with Crippen molar-refractivity contribution < 1.29 is 14.3 Å². The number of benzene rings is 3. The molecule has 0 bridgehead atoms. The van der Waals surface area contributed by atoms with Gasteiger partial charge in [-0.1, -0.05) is 42.1 Å². The van der Waals surface area contributed by atoms with E-state index >= 15 is 0 Å². The van der Waals surface area contributed by atoms with Crippen molar-refractivity contribution in [3.63, 3.8) is 0 Å². The lowest BCUT2D eigenvalue weighted by atomic mass is 10.2. The van der Waals surface area contributed by atoms with Gasteiger partial charge in [-0.2, -0.15) is 5.26 Å². The van der Waals surface area contributed by atoms with Gasteiger partial charge < -0.3 is 15.4 Å². The Hall–Kier alpha value is -4.02. The summed E-state index contributed by atoms with van der Waals surface area (Å²) in [5.74, 6) is -0.928. The largest absolute Gasteiger partial charge is 0.462 e. The molecule has 0 aliphatic heterocycles. The van der Waals surface area contributed by atoms with Gasteiger partial charge in [-0.3, -0.25) is 4.79 Å². The van der Waals surface area contributed by atoms with Crippen LogP contribution in [-0.4, -0.2) is 18.5 Å². The van der Waals surface area contributed by atoms with Gasteiger partial charge in [0.05, 0.1) is 17.9 Å². The molecule has 7 heteroatoms. The SMILES string of the molecule is CCOC(=O)c1ccc(N/C=C(/C#N)C(=O)Nc2ccccc2Sc2ccccc2)cc1. The molecule has 1 amide bonds. The summed E-state index contributed by atoms with van der Waals surface area (Å²) in [6.07, 6.45) is 1.33. The predicted molar refractivity (Wildman–Crippen MR) is 125 cm³/mol. The molecule has 0 aliphatic carbocycles. The summed E-state index contributed by atoms with van der Waals surface area (Å²) >= 11 is 1.52. The van der Waals surface area contributed by atoms with Crippen LogP contribution >= 0.6 is 11.8 Å². The first kappa shape index (κ1) is 22.7. The summed E-state index contributed by atoms with van der Waals surface area (Å²) in [7, 11) is 0. The molecule has 0 atom stereocenters. The Morgan fingerprint density at radius 3 is 2.38 bits per heavy atom. The molecular weight excluding hydrogens is 422 g/mol. The van der Waals surface area contributed by atoms with E-state index in [4.69, 9.17) is 4.74 Å². The Balaban J connectivity index is 1.68. The number of hydrogen-bond acceptors (Lipinski definition) is 6. The lowest BCUT2D eigenvalue weighted by Crippen LogP contribution is -2.15. The summed E-state index contributed by atoms with van der Waals surface area (Å²) in [6, 6.07) is 25.7. The minimum Gasteiger partial charge on any atom is -0.462 e. The number of para-hydroxylation sites is 1. The number of nitriles is 1. The molecule has 0 heterocycles. The zero-order valence-electron chi connectivity index (χ0n) is 17.4. The van der Waals surface area contributed by atoms with Gasteiger partial charge in [-0.05, 0) is 55.5 Å². The van der Waals surface area contributed by atoms with Crippen LogP contribution in [0, 0.1) is 11.3 Å². The Labute approximate surface area is 190 Å². The first-order valence-corrected chi connectivity index (χ1v) is 10.7. The normalized spacial score (nSPS) is 10.7. The van der Waals surface area contributed by atoms with Gasteiger partial charge in [-0.25, -0.2) is 4.79 Å². The number of amides is 1. The number of esters is 1. The minimum atomic E-state index is -0.524. The van der Waals surface area contributed by atoms with Crippen LogP contribution in [0.5, 0.6) is 0 Å². The van der Waals surface area contributed by atoms with Crippen molar-refractivity contribution in [3.05, 3.63) is 96.2 Å². The number of nitrogens with zero attached hydrogens (tertiary/aromatic N) is 1. The molecule has 0 aliphatic rings. The van der Waals surface area contributed by atoms with Crippen LogP contribution in [0.2, 0.25) is 0 Å². The average molecular weight is 444 g/mol. The Morgan fingerprint density at radius 2 is 1.69 bits per heavy atom. The van der Waals surface area contributed by atoms with Crippen molar-refractivity contribution in [1.82, 2.24) is 0 Å². The van der Waals surface area contributed by atoms with Gasteiger partial charge in [-0.15, -0.1) is 0 Å². The summed E-state index contributed by atoms with van der Waals surface area (Å²) in [5.41, 5.74) is 1.58. The molecule has 2 N–H and O–H groups in total. The minimum absolute atomic E-state index is 0.0843. The van der Waals surface area contributed by atoms with Crippen LogP contribution in [0.4, 0.5) is 11.4 Å². The molecule has 0 saturated carbocycles. The molecule has 3 aromatic carbocycles. The fourth-order valence-electron chi connectivity index (χ4n) is 2.69. The standard InChI is InChI=1S/C25H21N3O3S/c1-2-31-25(30)18-12-14-20(15-13-18)27-17-19(16-26)24(29)28-22-10-6-7-11-23(22)32-21-8-4-3-5-9-21/h3-15,17,27H,2H2,1H3,(H,28,29)/b19-17-. The lowest BCUT2D eigenvalue weighted by molar-refractivity contribution is -0.112. The molecule has 0 aromatic heterocycles. The van der Waals surface area contributed by atoms with Crippen LogP contribution in [0.25, 0.3) is 0 Å². The fraction of sp³-hybridized carbons (Fsp3) is 0.0800. The third kappa shape index (κ3) is 6.24. The van der Waals surface area contributed by atoms with E-state index < -0.39 is 11.9 Å². The van der Waals surface area contributed by atoms with Gasteiger partial charge in [0.1, 0.15) is 11.6 Å². The molecular formula is C25H21N3O3S. The number of hydrogen-bond donors (Lipinski definition) is 2. The Bertz CT molecular complexity index is 1150. The zero-order chi connectivity index (χ0) is 22.8. The van der Waals surface area contributed by atoms with E-state index in [1.165, 1.54) is 18.0 Å². The number of rotatable bonds is 8. The summed E-state index contributed by atoms with van der Waals surface area (Å²) in [4.78, 5) is 26.3. The van der Waals surface area contributed by atoms with Gasteiger partial charge in [0.15, 0.2) is 0 Å². The second kappa shape index (κ2) is 11.4. The monoisotopic (exact) mass is 443 g/mol. The second-order valence-corrected chi connectivity index (χ2v) is 7.59. The summed E-state index contributed by atoms with van der Waals surface area (Å²) in [5, 5.41) is 15.2. The number of anilines is 2. The highest BCUT2D eigenvalue weighted by Gasteiger charge is 2.12. The third-order valence-electron chi connectivity index (χ3n) is 4.25. The maximum Gasteiger partial charge on any atom is 0.338 e. The quantitative estimate of drug-likeness (QED) is 0.272. The number of carbonyl (C=O) groups is 2. The molecule has 0 unspecified atom stereocenters. The summed E-state index contributed by atoms with van der Waals surface area (Å²) < 4.78 is 4.95. The first-order chi connectivity index (χ1) is 15.6. The van der Waals surface area contributed by atoms with E-state index in [0.29, 0.717) is 23.5 Å². The molecule has 160 valence electrons. The zero-order valence-corrected chi connectivity index (χ0v) is 18.2. The van der Waals surface area contributed by atoms with Crippen LogP contribution in [-0.2, 0) is 9.53 Å². The van der Waals surface area contributed by atoms with Crippen LogP contribution in [0.15, 0.2) is 100 Å². The van der Waals surface area contributed by atoms with Gasteiger partial charge in [0.25, 0.3) is 5.91 Å². The van der Waals surface area contributed by atoms with Gasteiger partial charge >= 0.3 is 5.97 Å². The molecule has 6 nitrogen and oxygen atoms in total. The highest BCUT2D eigenvalue weighted by Crippen LogP contribution is 2.33. The number of nitrogens with one attached hydrogen (secondary N) is 2. The number of carbonyl (C=O) groups excluding carboxylic acids is 2. The van der Waals surface area contributed by atoms with Crippen molar-refractivity contribution in [1.29, 1.82) is 5.26 Å². The van der Waals surface area contributed by atoms with Crippen LogP contribution < -0.4 is 10.6 Å². The summed E-state index contributed by atoms with van der Waals surface area (Å²) in [6.45, 7) is 2.04. The lowest BCUT2D eigenvalue weighted by Gasteiger charge is -2.10. The molecule has 0 fully saturated rings. The van der Waals surface area contributed by atoms with Crippen molar-refractivity contribution in [2.75, 3.05) is 17.2 Å². The van der Waals surface area contributed by atoms with E-state index in [0.717, 1.165) is 9.79 Å². The van der Waals surface area contributed by atoms with Crippen molar-refractivity contribution in [2.24, 2.45) is 0 Å². The number of ether oxygens (including phenoxy) is 1. The van der Waals surface area contributed by atoms with Crippen molar-refractivity contribution >= 4 is 35.0 Å². The van der Waals surface area contributed by atoms with Crippen LogP contribution in [0.1, 0.15) is 17.3 Å². The van der Waals surface area contributed by atoms with E-state index in [-0.39, 0.29) is 5.57 Å². The average Bonchev–Trinajstić information content (AvgIpc) is 2.82. The molecule has 3 aromatic rings. The second-order valence-electron chi connectivity index (χ2n) is 6.48. The van der Waals surface area contributed by atoms with Gasteiger partial charge in [0, 0.05) is 21.7 Å². The topological polar surface area (TPSA) is 91.2 Å². The smallest absolute Gasteiger partial charge is 0.338 e. The van der Waals surface area contributed by atoms with E-state index in [1.807, 2.05) is 54.6 Å². The molecule has 0 spiro atoms. The highest BCUT2D eigenvalue weighted by molar-refractivity contribution is 7.99. The Kier molecular flexibility index (Phi) is 8.07. The fourth-order valence-corrected chi connectivity index (χ4v) is 3.61. The van der Waals surface area contributed by atoms with Crippen LogP contribution in [0.3, 0.4) is 0 Å². The van der Waals surface area contributed by atoms with Crippen molar-refractivity contribution in [2.45, 2.75) is 16.7 Å². The van der Waals surface area contributed by atoms with E-state index in [9.17, 15) is 14.9 Å². The maximum atomic E-state index is 12.7. The first-order valence-electron chi connectivity index (χ1n) is 9.88. The molecule has 0 saturated heterocycles. The van der Waals surface area contributed by atoms with E-state index in [1.54, 1.807) is 37.3 Å². The third-order valence-corrected chi connectivity index (χ3v) is 5.33. The predicted octanol–water partition coefficient (Wildman–Crippen LogP) is 5.47. The highest BCUT2D eigenvalue weighted by atomic mass is 32.2. The molecule has 32 heavy (non-hydrogen) atoms. The van der Waals surface area contributed by atoms with Gasteiger partial charge in [0.2, 0.25) is 0 Å². The van der Waals surface area contributed by atoms with Crippen molar-refractivity contribution in [3.8, 4) is 6.07 Å². The van der Waals surface area contributed by atoms with E-state index in [2.05, 4.69) is 10.6 Å². The Morgan fingerprint density at radius 1 is 1.00 bits per heavy atom.